The van der Waals surface area contributed by atoms with Crippen molar-refractivity contribution in [1.82, 2.24) is 10.2 Å². The van der Waals surface area contributed by atoms with E-state index in [1.165, 1.54) is 12.8 Å². The maximum atomic E-state index is 13.1. The Hall–Kier alpha value is -0.710. The minimum Gasteiger partial charge on any atom is -0.344 e. The van der Waals surface area contributed by atoms with Gasteiger partial charge in [0.25, 0.3) is 0 Å². The zero-order chi connectivity index (χ0) is 13.2. The second-order valence-electron chi connectivity index (χ2n) is 5.66. The molecule has 1 saturated heterocycles. The Labute approximate surface area is 107 Å². The third kappa shape index (κ3) is 3.40. The predicted octanol–water partition coefficient (Wildman–Crippen LogP) is 2.02. The fourth-order valence-electron chi connectivity index (χ4n) is 2.97. The van der Waals surface area contributed by atoms with Gasteiger partial charge >= 0.3 is 0 Å². The van der Waals surface area contributed by atoms with Crippen molar-refractivity contribution < 1.29 is 13.6 Å². The zero-order valence-corrected chi connectivity index (χ0v) is 10.9. The minimum absolute atomic E-state index is 0.112. The number of carbonyl (C=O) groups excluding carboxylic acids is 1. The van der Waals surface area contributed by atoms with Crippen LogP contribution in [0, 0.1) is 5.92 Å². The zero-order valence-electron chi connectivity index (χ0n) is 10.9. The maximum absolute atomic E-state index is 13.1. The van der Waals surface area contributed by atoms with Crippen molar-refractivity contribution >= 4 is 5.91 Å². The van der Waals surface area contributed by atoms with E-state index in [9.17, 15) is 13.6 Å². The summed E-state index contributed by atoms with van der Waals surface area (Å²) in [5, 5.41) is 3.37. The second kappa shape index (κ2) is 5.51. The largest absolute Gasteiger partial charge is 0.344 e. The average Bonchev–Trinajstić information content (AvgIpc) is 2.70. The summed E-state index contributed by atoms with van der Waals surface area (Å²) in [5.41, 5.74) is 0. The molecule has 2 aliphatic rings. The maximum Gasteiger partial charge on any atom is 0.248 e. The summed E-state index contributed by atoms with van der Waals surface area (Å²) in [6.45, 7) is 1.63. The number of rotatable bonds is 3. The second-order valence-corrected chi connectivity index (χ2v) is 5.66. The molecule has 104 valence electrons. The van der Waals surface area contributed by atoms with Crippen molar-refractivity contribution in [3.8, 4) is 0 Å². The molecule has 0 aromatic carbocycles. The summed E-state index contributed by atoms with van der Waals surface area (Å²) >= 11 is 0. The molecule has 2 fully saturated rings. The molecule has 3 nitrogen and oxygen atoms in total. The Balaban J connectivity index is 1.81. The molecular formula is C13H22F2N2O. The van der Waals surface area contributed by atoms with Crippen molar-refractivity contribution in [3.05, 3.63) is 0 Å². The Morgan fingerprint density at radius 1 is 1.39 bits per heavy atom. The first kappa shape index (κ1) is 13.7. The predicted molar refractivity (Wildman–Crippen MR) is 65.6 cm³/mol. The number of nitrogens with zero attached hydrogens (tertiary/aromatic N) is 1. The van der Waals surface area contributed by atoms with Crippen LogP contribution in [0.15, 0.2) is 0 Å². The lowest BCUT2D eigenvalue weighted by Crippen LogP contribution is -2.45. The molecule has 1 aliphatic carbocycles. The van der Waals surface area contributed by atoms with Gasteiger partial charge in [-0.2, -0.15) is 0 Å². The first-order chi connectivity index (χ1) is 8.48. The van der Waals surface area contributed by atoms with E-state index >= 15 is 0 Å². The third-order valence-electron chi connectivity index (χ3n) is 4.04. The van der Waals surface area contributed by atoms with Gasteiger partial charge in [0, 0.05) is 38.4 Å². The number of hydrogen-bond donors (Lipinski definition) is 1. The molecule has 0 bridgehead atoms. The van der Waals surface area contributed by atoms with Crippen molar-refractivity contribution in [1.29, 1.82) is 0 Å². The van der Waals surface area contributed by atoms with E-state index in [4.69, 9.17) is 0 Å². The fraction of sp³-hybridized carbons (Fsp3) is 0.923. The van der Waals surface area contributed by atoms with Crippen LogP contribution in [0.3, 0.4) is 0 Å². The van der Waals surface area contributed by atoms with Gasteiger partial charge in [-0.05, 0) is 25.8 Å². The van der Waals surface area contributed by atoms with Crippen LogP contribution in [0.1, 0.15) is 38.5 Å². The molecule has 5 heteroatoms. The number of amides is 1. The van der Waals surface area contributed by atoms with E-state index in [2.05, 4.69) is 5.32 Å². The quantitative estimate of drug-likeness (QED) is 0.842. The minimum atomic E-state index is -2.63. The van der Waals surface area contributed by atoms with E-state index in [1.807, 2.05) is 0 Å². The SMILES string of the molecule is CN(CC1CCCCN1)C(=O)C1CCC(F)(F)C1. The van der Waals surface area contributed by atoms with Gasteiger partial charge in [-0.3, -0.25) is 4.79 Å². The van der Waals surface area contributed by atoms with Crippen molar-refractivity contribution in [2.24, 2.45) is 5.92 Å². The molecule has 0 aromatic heterocycles. The number of piperidine rings is 1. The lowest BCUT2D eigenvalue weighted by molar-refractivity contribution is -0.135. The molecule has 1 N–H and O–H groups in total. The highest BCUT2D eigenvalue weighted by atomic mass is 19.3. The Morgan fingerprint density at radius 3 is 2.72 bits per heavy atom. The first-order valence-electron chi connectivity index (χ1n) is 6.84. The molecule has 0 radical (unpaired) electrons. The van der Waals surface area contributed by atoms with E-state index in [0.717, 1.165) is 13.0 Å². The molecular weight excluding hydrogens is 238 g/mol. The molecule has 1 saturated carbocycles. The summed E-state index contributed by atoms with van der Waals surface area (Å²) < 4.78 is 26.2. The Morgan fingerprint density at radius 2 is 2.17 bits per heavy atom. The van der Waals surface area contributed by atoms with Gasteiger partial charge in [0.15, 0.2) is 0 Å². The van der Waals surface area contributed by atoms with Crippen LogP contribution < -0.4 is 5.32 Å². The highest BCUT2D eigenvalue weighted by Crippen LogP contribution is 2.39. The van der Waals surface area contributed by atoms with Crippen LogP contribution in [0.5, 0.6) is 0 Å². The van der Waals surface area contributed by atoms with Crippen molar-refractivity contribution in [2.45, 2.75) is 50.5 Å². The summed E-state index contributed by atoms with van der Waals surface area (Å²) in [4.78, 5) is 13.7. The number of nitrogens with one attached hydrogen (secondary N) is 1. The highest BCUT2D eigenvalue weighted by molar-refractivity contribution is 5.79. The van der Waals surface area contributed by atoms with Crippen molar-refractivity contribution in [2.75, 3.05) is 20.1 Å². The van der Waals surface area contributed by atoms with Gasteiger partial charge in [0.1, 0.15) is 0 Å². The van der Waals surface area contributed by atoms with Crippen LogP contribution in [-0.4, -0.2) is 42.9 Å². The molecule has 1 heterocycles. The van der Waals surface area contributed by atoms with Crippen molar-refractivity contribution in [3.63, 3.8) is 0 Å². The fourth-order valence-corrected chi connectivity index (χ4v) is 2.97. The van der Waals surface area contributed by atoms with Crippen LogP contribution in [0.4, 0.5) is 8.78 Å². The van der Waals surface area contributed by atoms with Gasteiger partial charge in [-0.15, -0.1) is 0 Å². The lowest BCUT2D eigenvalue weighted by atomic mass is 10.0. The van der Waals surface area contributed by atoms with E-state index in [-0.39, 0.29) is 18.7 Å². The van der Waals surface area contributed by atoms with Gasteiger partial charge in [-0.25, -0.2) is 8.78 Å². The smallest absolute Gasteiger partial charge is 0.248 e. The van der Waals surface area contributed by atoms with Gasteiger partial charge in [-0.1, -0.05) is 6.42 Å². The topological polar surface area (TPSA) is 32.3 Å². The number of alkyl halides is 2. The highest BCUT2D eigenvalue weighted by Gasteiger charge is 2.43. The summed E-state index contributed by atoms with van der Waals surface area (Å²) in [6.07, 6.45) is 3.35. The molecule has 0 aromatic rings. The molecule has 1 aliphatic heterocycles. The molecule has 1 amide bonds. The van der Waals surface area contributed by atoms with Crippen LogP contribution >= 0.6 is 0 Å². The monoisotopic (exact) mass is 260 g/mol. The standard InChI is InChI=1S/C13H22F2N2O/c1-17(9-11-4-2-3-7-16-11)12(18)10-5-6-13(14,15)8-10/h10-11,16H,2-9H2,1H3. The summed E-state index contributed by atoms with van der Waals surface area (Å²) in [7, 11) is 1.73. The summed E-state index contributed by atoms with van der Waals surface area (Å²) in [5.74, 6) is -3.22. The van der Waals surface area contributed by atoms with Crippen LogP contribution in [0.25, 0.3) is 0 Å². The van der Waals surface area contributed by atoms with E-state index < -0.39 is 11.8 Å². The normalized spacial score (nSPS) is 31.3. The molecule has 2 atom stereocenters. The third-order valence-corrected chi connectivity index (χ3v) is 4.04. The molecule has 0 spiro atoms. The molecule has 18 heavy (non-hydrogen) atoms. The summed E-state index contributed by atoms with van der Waals surface area (Å²) in [6, 6.07) is 0.328. The van der Waals surface area contributed by atoms with Crippen LogP contribution in [0.2, 0.25) is 0 Å². The van der Waals surface area contributed by atoms with Crippen LogP contribution in [-0.2, 0) is 4.79 Å². The first-order valence-corrected chi connectivity index (χ1v) is 6.84. The van der Waals surface area contributed by atoms with E-state index in [1.54, 1.807) is 11.9 Å². The Kier molecular flexibility index (Phi) is 4.20. The number of carbonyl (C=O) groups is 1. The number of likely N-dealkylation sites (N-methyl/N-ethyl adjacent to an activating group) is 1. The number of halogens is 2. The molecule has 2 rings (SSSR count). The van der Waals surface area contributed by atoms with Gasteiger partial charge in [0.2, 0.25) is 11.8 Å². The Bertz CT molecular complexity index is 303. The van der Waals surface area contributed by atoms with E-state index in [0.29, 0.717) is 19.0 Å². The van der Waals surface area contributed by atoms with Gasteiger partial charge < -0.3 is 10.2 Å². The molecule has 2 unspecified atom stereocenters. The lowest BCUT2D eigenvalue weighted by Gasteiger charge is -2.29. The average molecular weight is 260 g/mol. The van der Waals surface area contributed by atoms with Gasteiger partial charge in [0.05, 0.1) is 0 Å². The number of hydrogen-bond acceptors (Lipinski definition) is 2.